The summed E-state index contributed by atoms with van der Waals surface area (Å²) in [4.78, 5) is 10.8. The zero-order valence-electron chi connectivity index (χ0n) is 11.9. The lowest BCUT2D eigenvalue weighted by molar-refractivity contribution is -0.140. The van der Waals surface area contributed by atoms with Crippen LogP contribution < -0.4 is 0 Å². The van der Waals surface area contributed by atoms with Crippen molar-refractivity contribution in [2.45, 2.75) is 44.9 Å². The molecule has 0 aromatic carbocycles. The molecule has 0 amide bonds. The Labute approximate surface area is 116 Å². The third-order valence-electron chi connectivity index (χ3n) is 2.55. The Hall–Kier alpha value is -1.35. The highest BCUT2D eigenvalue weighted by Crippen LogP contribution is 2.00. The van der Waals surface area contributed by atoms with E-state index in [1.165, 1.54) is 7.11 Å². The summed E-state index contributed by atoms with van der Waals surface area (Å²) in [6.07, 6.45) is 18.6. The molecule has 0 saturated carbocycles. The Morgan fingerprint density at radius 1 is 0.947 bits per heavy atom. The van der Waals surface area contributed by atoms with Gasteiger partial charge in [-0.2, -0.15) is 0 Å². The van der Waals surface area contributed by atoms with Crippen molar-refractivity contribution in [3.05, 3.63) is 36.5 Å². The van der Waals surface area contributed by atoms with Gasteiger partial charge in [0.15, 0.2) is 0 Å². The number of carbonyl (C=O) groups is 1. The van der Waals surface area contributed by atoms with Gasteiger partial charge in [0.1, 0.15) is 0 Å². The quantitative estimate of drug-likeness (QED) is 0.353. The van der Waals surface area contributed by atoms with Crippen molar-refractivity contribution >= 4 is 5.97 Å². The van der Waals surface area contributed by atoms with Crippen LogP contribution in [0.15, 0.2) is 36.5 Å². The van der Waals surface area contributed by atoms with E-state index in [4.69, 9.17) is 5.11 Å². The summed E-state index contributed by atoms with van der Waals surface area (Å²) in [5.41, 5.74) is 0. The van der Waals surface area contributed by atoms with Gasteiger partial charge in [-0.25, -0.2) is 0 Å². The number of methoxy groups -OCH3 is 1. The Balaban J connectivity index is 3.36. The second-order valence-corrected chi connectivity index (χ2v) is 4.22. The molecule has 0 atom stereocenters. The standard InChI is InChI=1S/C16H26O3/c1-19-16(18)14-12-10-8-6-4-2-3-5-7-9-11-13-15-17/h2-3,6-9,17H,4-5,10-15H2,1H3/b3-2-,8-6-,9-7-. The predicted octanol–water partition coefficient (Wildman–Crippen LogP) is 3.55. The van der Waals surface area contributed by atoms with Crippen molar-refractivity contribution in [1.29, 1.82) is 0 Å². The van der Waals surface area contributed by atoms with Gasteiger partial charge in [0.05, 0.1) is 7.11 Å². The second-order valence-electron chi connectivity index (χ2n) is 4.22. The van der Waals surface area contributed by atoms with Crippen LogP contribution in [-0.4, -0.2) is 24.8 Å². The molecule has 0 aromatic heterocycles. The molecule has 108 valence electrons. The third-order valence-corrected chi connectivity index (χ3v) is 2.55. The lowest BCUT2D eigenvalue weighted by Crippen LogP contribution is -1.98. The predicted molar refractivity (Wildman–Crippen MR) is 78.8 cm³/mol. The highest BCUT2D eigenvalue weighted by Gasteiger charge is 1.96. The summed E-state index contributed by atoms with van der Waals surface area (Å²) in [5, 5.41) is 8.59. The Bertz CT molecular complexity index is 290. The summed E-state index contributed by atoms with van der Waals surface area (Å²) >= 11 is 0. The molecule has 0 aliphatic carbocycles. The zero-order chi connectivity index (χ0) is 14.2. The van der Waals surface area contributed by atoms with E-state index in [9.17, 15) is 4.79 Å². The summed E-state index contributed by atoms with van der Waals surface area (Å²) in [6.45, 7) is 0.265. The van der Waals surface area contributed by atoms with E-state index in [2.05, 4.69) is 41.2 Å². The summed E-state index contributed by atoms with van der Waals surface area (Å²) in [5.74, 6) is -0.138. The molecule has 19 heavy (non-hydrogen) atoms. The number of hydrogen-bond donors (Lipinski definition) is 1. The van der Waals surface area contributed by atoms with Gasteiger partial charge in [-0.3, -0.25) is 4.79 Å². The van der Waals surface area contributed by atoms with Crippen LogP contribution in [0.5, 0.6) is 0 Å². The minimum atomic E-state index is -0.138. The van der Waals surface area contributed by atoms with Gasteiger partial charge in [-0.1, -0.05) is 36.5 Å². The van der Waals surface area contributed by atoms with Crippen molar-refractivity contribution in [1.82, 2.24) is 0 Å². The van der Waals surface area contributed by atoms with E-state index in [1.807, 2.05) is 0 Å². The smallest absolute Gasteiger partial charge is 0.305 e. The van der Waals surface area contributed by atoms with Crippen LogP contribution in [0.2, 0.25) is 0 Å². The molecule has 0 aromatic rings. The second kappa shape index (κ2) is 14.7. The number of ether oxygens (including phenoxy) is 1. The van der Waals surface area contributed by atoms with Crippen LogP contribution >= 0.6 is 0 Å². The molecular weight excluding hydrogens is 240 g/mol. The van der Waals surface area contributed by atoms with Crippen molar-refractivity contribution in [3.8, 4) is 0 Å². The molecule has 0 unspecified atom stereocenters. The van der Waals surface area contributed by atoms with Crippen LogP contribution in [0.1, 0.15) is 44.9 Å². The van der Waals surface area contributed by atoms with Crippen molar-refractivity contribution in [2.24, 2.45) is 0 Å². The number of esters is 1. The van der Waals surface area contributed by atoms with Gasteiger partial charge in [-0.05, 0) is 38.5 Å². The molecule has 0 rings (SSSR count). The molecule has 0 aliphatic heterocycles. The number of unbranched alkanes of at least 4 members (excludes halogenated alkanes) is 2. The first-order chi connectivity index (χ1) is 9.31. The molecule has 3 nitrogen and oxygen atoms in total. The Morgan fingerprint density at radius 2 is 1.47 bits per heavy atom. The summed E-state index contributed by atoms with van der Waals surface area (Å²) in [7, 11) is 1.42. The van der Waals surface area contributed by atoms with Gasteiger partial charge < -0.3 is 9.84 Å². The lowest BCUT2D eigenvalue weighted by atomic mass is 10.2. The van der Waals surface area contributed by atoms with E-state index in [1.54, 1.807) is 0 Å². The van der Waals surface area contributed by atoms with E-state index in [0.717, 1.165) is 38.5 Å². The summed E-state index contributed by atoms with van der Waals surface area (Å²) in [6, 6.07) is 0. The first-order valence-electron chi connectivity index (χ1n) is 6.94. The molecule has 0 radical (unpaired) electrons. The van der Waals surface area contributed by atoms with Crippen LogP contribution in [0.4, 0.5) is 0 Å². The van der Waals surface area contributed by atoms with Crippen molar-refractivity contribution in [2.75, 3.05) is 13.7 Å². The number of carbonyl (C=O) groups excluding carboxylic acids is 1. The number of aliphatic hydroxyl groups is 1. The third kappa shape index (κ3) is 14.6. The molecule has 0 saturated heterocycles. The molecule has 0 fully saturated rings. The van der Waals surface area contributed by atoms with E-state index in [0.29, 0.717) is 6.42 Å². The minimum absolute atomic E-state index is 0.138. The molecule has 3 heteroatoms. The van der Waals surface area contributed by atoms with Crippen molar-refractivity contribution < 1.29 is 14.6 Å². The van der Waals surface area contributed by atoms with Crippen LogP contribution in [0.3, 0.4) is 0 Å². The monoisotopic (exact) mass is 266 g/mol. The fraction of sp³-hybridized carbons (Fsp3) is 0.562. The average Bonchev–Trinajstić information content (AvgIpc) is 2.43. The van der Waals surface area contributed by atoms with Crippen molar-refractivity contribution in [3.63, 3.8) is 0 Å². The molecular formula is C16H26O3. The zero-order valence-corrected chi connectivity index (χ0v) is 11.9. The van der Waals surface area contributed by atoms with Gasteiger partial charge in [-0.15, -0.1) is 0 Å². The average molecular weight is 266 g/mol. The van der Waals surface area contributed by atoms with Gasteiger partial charge >= 0.3 is 5.97 Å². The highest BCUT2D eigenvalue weighted by atomic mass is 16.5. The van der Waals surface area contributed by atoms with E-state index < -0.39 is 0 Å². The van der Waals surface area contributed by atoms with Gasteiger partial charge in [0, 0.05) is 13.0 Å². The normalized spacial score (nSPS) is 11.9. The van der Waals surface area contributed by atoms with E-state index in [-0.39, 0.29) is 12.6 Å². The fourth-order valence-corrected chi connectivity index (χ4v) is 1.45. The first-order valence-corrected chi connectivity index (χ1v) is 6.94. The molecule has 0 spiro atoms. The number of hydrogen-bond acceptors (Lipinski definition) is 3. The number of rotatable bonds is 11. The Morgan fingerprint density at radius 3 is 2.00 bits per heavy atom. The van der Waals surface area contributed by atoms with Crippen LogP contribution in [0, 0.1) is 0 Å². The highest BCUT2D eigenvalue weighted by molar-refractivity contribution is 5.68. The largest absolute Gasteiger partial charge is 0.469 e. The molecule has 0 bridgehead atoms. The van der Waals surface area contributed by atoms with Gasteiger partial charge in [0.2, 0.25) is 0 Å². The first kappa shape index (κ1) is 17.6. The molecule has 1 N–H and O–H groups in total. The molecule has 0 aliphatic rings. The summed E-state index contributed by atoms with van der Waals surface area (Å²) < 4.78 is 4.56. The maximum absolute atomic E-state index is 10.8. The fourth-order valence-electron chi connectivity index (χ4n) is 1.45. The molecule has 0 heterocycles. The number of aliphatic hydroxyl groups excluding tert-OH is 1. The van der Waals surface area contributed by atoms with Gasteiger partial charge in [0.25, 0.3) is 0 Å². The maximum atomic E-state index is 10.8. The SMILES string of the molecule is COC(=O)CCC/C=C\C/C=C\C/C=C\CCCO. The van der Waals surface area contributed by atoms with Crippen LogP contribution in [0.25, 0.3) is 0 Å². The Kier molecular flexibility index (Phi) is 13.7. The maximum Gasteiger partial charge on any atom is 0.305 e. The minimum Gasteiger partial charge on any atom is -0.469 e. The lowest BCUT2D eigenvalue weighted by Gasteiger charge is -1.95. The number of allylic oxidation sites excluding steroid dienone is 6. The van der Waals surface area contributed by atoms with E-state index >= 15 is 0 Å². The van der Waals surface area contributed by atoms with Crippen LogP contribution in [-0.2, 0) is 9.53 Å². The topological polar surface area (TPSA) is 46.5 Å².